The molecule has 0 aliphatic heterocycles. The molecule has 20 heavy (non-hydrogen) atoms. The number of hydrogen-bond acceptors (Lipinski definition) is 4. The van der Waals surface area contributed by atoms with Crippen molar-refractivity contribution >= 4 is 17.3 Å². The average Bonchev–Trinajstić information content (AvgIpc) is 2.90. The van der Waals surface area contributed by atoms with Gasteiger partial charge in [0.05, 0.1) is 16.2 Å². The van der Waals surface area contributed by atoms with Gasteiger partial charge in [-0.05, 0) is 24.8 Å². The maximum Gasteiger partial charge on any atom is 0.338 e. The van der Waals surface area contributed by atoms with Gasteiger partial charge in [0.25, 0.3) is 5.69 Å². The van der Waals surface area contributed by atoms with Gasteiger partial charge < -0.3 is 10.0 Å². The van der Waals surface area contributed by atoms with Gasteiger partial charge in [-0.3, -0.25) is 10.1 Å². The molecular weight excluding hydrogens is 260 g/mol. The molecule has 1 aliphatic rings. The van der Waals surface area contributed by atoms with Crippen molar-refractivity contribution in [3.8, 4) is 0 Å². The van der Waals surface area contributed by atoms with Crippen molar-refractivity contribution in [1.29, 1.82) is 0 Å². The molecule has 6 nitrogen and oxygen atoms in total. The molecule has 0 spiro atoms. The highest BCUT2D eigenvalue weighted by atomic mass is 16.6. The van der Waals surface area contributed by atoms with Crippen LogP contribution in [0, 0.1) is 16.0 Å². The molecule has 108 valence electrons. The number of nitro groups is 1. The lowest BCUT2D eigenvalue weighted by Crippen LogP contribution is -2.25. The molecule has 6 heteroatoms. The van der Waals surface area contributed by atoms with Gasteiger partial charge in [0.15, 0.2) is 0 Å². The minimum absolute atomic E-state index is 0.0142. The van der Waals surface area contributed by atoms with Crippen LogP contribution in [0.4, 0.5) is 11.4 Å². The number of aromatic carboxylic acids is 1. The van der Waals surface area contributed by atoms with Crippen LogP contribution in [0.2, 0.25) is 0 Å². The fraction of sp³-hybridized carbons (Fsp3) is 0.500. The predicted octanol–water partition coefficient (Wildman–Crippen LogP) is 2.92. The summed E-state index contributed by atoms with van der Waals surface area (Å²) in [6, 6.07) is 4.01. The number of benzene rings is 1. The topological polar surface area (TPSA) is 83.7 Å². The van der Waals surface area contributed by atoms with E-state index in [1.165, 1.54) is 37.8 Å². The highest BCUT2D eigenvalue weighted by Gasteiger charge is 2.22. The number of non-ortho nitro benzene ring substituents is 1. The fourth-order valence-corrected chi connectivity index (χ4v) is 2.82. The van der Waals surface area contributed by atoms with Crippen LogP contribution in [-0.2, 0) is 0 Å². The van der Waals surface area contributed by atoms with Crippen LogP contribution in [0.1, 0.15) is 36.0 Å². The van der Waals surface area contributed by atoms with Crippen LogP contribution in [0.3, 0.4) is 0 Å². The largest absolute Gasteiger partial charge is 0.478 e. The summed E-state index contributed by atoms with van der Waals surface area (Å²) in [6.45, 7) is 0.790. The number of nitrogens with zero attached hydrogens (tertiary/aromatic N) is 2. The molecular formula is C14H18N2O4. The lowest BCUT2D eigenvalue weighted by molar-refractivity contribution is -0.384. The number of carboxylic acid groups (broad SMARTS) is 1. The number of carboxylic acids is 1. The molecule has 1 N–H and O–H groups in total. The van der Waals surface area contributed by atoms with Crippen LogP contribution in [0.25, 0.3) is 0 Å². The molecule has 0 atom stereocenters. The van der Waals surface area contributed by atoms with Crippen LogP contribution in [0.15, 0.2) is 18.2 Å². The van der Waals surface area contributed by atoms with Crippen molar-refractivity contribution in [1.82, 2.24) is 0 Å². The second kappa shape index (κ2) is 5.90. The van der Waals surface area contributed by atoms with E-state index in [1.807, 2.05) is 11.9 Å². The zero-order valence-corrected chi connectivity index (χ0v) is 11.4. The van der Waals surface area contributed by atoms with E-state index in [1.54, 1.807) is 0 Å². The van der Waals surface area contributed by atoms with Gasteiger partial charge in [-0.2, -0.15) is 0 Å². The van der Waals surface area contributed by atoms with E-state index >= 15 is 0 Å². The third-order valence-electron chi connectivity index (χ3n) is 3.84. The van der Waals surface area contributed by atoms with Crippen LogP contribution in [-0.4, -0.2) is 29.6 Å². The minimum Gasteiger partial charge on any atom is -0.478 e. The summed E-state index contributed by atoms with van der Waals surface area (Å²) in [5, 5.41) is 20.0. The standard InChI is InChI=1S/C14H18N2O4/c1-15(9-10-4-2-3-5-10)13-7-6-11(16(19)20)8-12(13)14(17)18/h6-8,10H,2-5,9H2,1H3,(H,17,18). The lowest BCUT2D eigenvalue weighted by Gasteiger charge is -2.24. The molecule has 1 fully saturated rings. The molecule has 0 bridgehead atoms. The molecule has 0 saturated heterocycles. The first-order valence-electron chi connectivity index (χ1n) is 6.72. The molecule has 0 unspecified atom stereocenters. The molecule has 1 aromatic rings. The van der Waals surface area contributed by atoms with E-state index < -0.39 is 10.9 Å². The Morgan fingerprint density at radius 1 is 1.45 bits per heavy atom. The molecule has 0 heterocycles. The zero-order chi connectivity index (χ0) is 14.7. The maximum atomic E-state index is 11.3. The van der Waals surface area contributed by atoms with E-state index in [2.05, 4.69) is 0 Å². The van der Waals surface area contributed by atoms with E-state index in [0.29, 0.717) is 11.6 Å². The Kier molecular flexibility index (Phi) is 4.22. The van der Waals surface area contributed by atoms with Gasteiger partial charge in [0, 0.05) is 25.7 Å². The van der Waals surface area contributed by atoms with Crippen LogP contribution in [0.5, 0.6) is 0 Å². The highest BCUT2D eigenvalue weighted by molar-refractivity contribution is 5.95. The quantitative estimate of drug-likeness (QED) is 0.661. The smallest absolute Gasteiger partial charge is 0.338 e. The van der Waals surface area contributed by atoms with Crippen LogP contribution >= 0.6 is 0 Å². The average molecular weight is 278 g/mol. The summed E-state index contributed by atoms with van der Waals surface area (Å²) in [5.41, 5.74) is 0.329. The molecule has 0 amide bonds. The van der Waals surface area contributed by atoms with E-state index in [-0.39, 0.29) is 11.3 Å². The van der Waals surface area contributed by atoms with E-state index in [0.717, 1.165) is 12.6 Å². The first-order chi connectivity index (χ1) is 9.49. The number of nitro benzene ring substituents is 1. The minimum atomic E-state index is -1.14. The van der Waals surface area contributed by atoms with E-state index in [4.69, 9.17) is 0 Å². The molecule has 1 saturated carbocycles. The number of anilines is 1. The summed E-state index contributed by atoms with van der Waals surface area (Å²) < 4.78 is 0. The molecule has 2 rings (SSSR count). The van der Waals surface area contributed by atoms with Crippen molar-refractivity contribution in [2.24, 2.45) is 5.92 Å². The fourth-order valence-electron chi connectivity index (χ4n) is 2.82. The van der Waals surface area contributed by atoms with Crippen LogP contribution < -0.4 is 4.90 Å². The normalized spacial score (nSPS) is 15.2. The van der Waals surface area contributed by atoms with Gasteiger partial charge in [0.2, 0.25) is 0 Å². The highest BCUT2D eigenvalue weighted by Crippen LogP contribution is 2.29. The number of hydrogen-bond donors (Lipinski definition) is 1. The SMILES string of the molecule is CN(CC1CCCC1)c1ccc([N+](=O)[O-])cc1C(=O)O. The van der Waals surface area contributed by atoms with Gasteiger partial charge in [0.1, 0.15) is 0 Å². The van der Waals surface area contributed by atoms with Crippen molar-refractivity contribution in [3.05, 3.63) is 33.9 Å². The van der Waals surface area contributed by atoms with Crippen molar-refractivity contribution in [2.45, 2.75) is 25.7 Å². The maximum absolute atomic E-state index is 11.3. The molecule has 1 aliphatic carbocycles. The molecule has 1 aromatic carbocycles. The lowest BCUT2D eigenvalue weighted by atomic mass is 10.1. The van der Waals surface area contributed by atoms with Gasteiger partial charge in [-0.15, -0.1) is 0 Å². The first-order valence-corrected chi connectivity index (χ1v) is 6.72. The Morgan fingerprint density at radius 2 is 2.10 bits per heavy atom. The third-order valence-corrected chi connectivity index (χ3v) is 3.84. The number of rotatable bonds is 5. The van der Waals surface area contributed by atoms with E-state index in [9.17, 15) is 20.0 Å². The molecule has 0 radical (unpaired) electrons. The Labute approximate surface area is 117 Å². The van der Waals surface area contributed by atoms with Gasteiger partial charge >= 0.3 is 5.97 Å². The monoisotopic (exact) mass is 278 g/mol. The predicted molar refractivity (Wildman–Crippen MR) is 75.3 cm³/mol. The Balaban J connectivity index is 2.24. The second-order valence-corrected chi connectivity index (χ2v) is 5.29. The van der Waals surface area contributed by atoms with Crippen molar-refractivity contribution in [3.63, 3.8) is 0 Å². The van der Waals surface area contributed by atoms with Crippen molar-refractivity contribution < 1.29 is 14.8 Å². The first kappa shape index (κ1) is 14.3. The Morgan fingerprint density at radius 3 is 2.65 bits per heavy atom. The summed E-state index contributed by atoms with van der Waals surface area (Å²) in [4.78, 5) is 23.3. The number of carbonyl (C=O) groups is 1. The second-order valence-electron chi connectivity index (χ2n) is 5.29. The van der Waals surface area contributed by atoms with Crippen molar-refractivity contribution in [2.75, 3.05) is 18.5 Å². The summed E-state index contributed by atoms with van der Waals surface area (Å²) >= 11 is 0. The third kappa shape index (κ3) is 3.07. The Hall–Kier alpha value is -2.11. The summed E-state index contributed by atoms with van der Waals surface area (Å²) in [6.07, 6.45) is 4.79. The summed E-state index contributed by atoms with van der Waals surface area (Å²) in [7, 11) is 1.84. The zero-order valence-electron chi connectivity index (χ0n) is 11.4. The van der Waals surface area contributed by atoms with Gasteiger partial charge in [-0.25, -0.2) is 4.79 Å². The molecule has 0 aromatic heterocycles. The Bertz CT molecular complexity index is 524. The summed E-state index contributed by atoms with van der Waals surface area (Å²) in [5.74, 6) is -0.557. The van der Waals surface area contributed by atoms with Gasteiger partial charge in [-0.1, -0.05) is 12.8 Å².